The fourth-order valence-electron chi connectivity index (χ4n) is 1.93. The van der Waals surface area contributed by atoms with Crippen molar-refractivity contribution in [1.29, 1.82) is 0 Å². The van der Waals surface area contributed by atoms with Crippen LogP contribution < -0.4 is 11.1 Å². The van der Waals surface area contributed by atoms with Crippen LogP contribution in [0.25, 0.3) is 0 Å². The number of primary amides is 1. The van der Waals surface area contributed by atoms with Crippen molar-refractivity contribution in [3.8, 4) is 0 Å². The first-order valence-electron chi connectivity index (χ1n) is 7.70. The first kappa shape index (κ1) is 20.3. The number of methoxy groups -OCH3 is 1. The molecular formula is C17H26N2O4S. The lowest BCUT2D eigenvalue weighted by molar-refractivity contribution is -0.115. The number of thioether (sulfide) groups is 1. The van der Waals surface area contributed by atoms with Crippen molar-refractivity contribution in [2.75, 3.05) is 18.2 Å². The number of rotatable bonds is 2. The molecule has 1 heterocycles. The summed E-state index contributed by atoms with van der Waals surface area (Å²) in [5.74, 6) is 0.936. The highest BCUT2D eigenvalue weighted by Gasteiger charge is 2.15. The van der Waals surface area contributed by atoms with Crippen LogP contribution in [-0.2, 0) is 14.3 Å². The van der Waals surface area contributed by atoms with Gasteiger partial charge in [0.1, 0.15) is 5.60 Å². The zero-order chi connectivity index (χ0) is 18.3. The van der Waals surface area contributed by atoms with E-state index in [0.29, 0.717) is 6.42 Å². The van der Waals surface area contributed by atoms with E-state index < -0.39 is 11.7 Å². The van der Waals surface area contributed by atoms with Crippen LogP contribution in [0, 0.1) is 0 Å². The molecule has 1 aromatic rings. The fraction of sp³-hybridized carbons (Fsp3) is 0.529. The van der Waals surface area contributed by atoms with Gasteiger partial charge in [-0.15, -0.1) is 11.8 Å². The molecule has 0 radical (unpaired) electrons. The molecule has 2 rings (SSSR count). The maximum Gasteiger partial charge on any atom is 0.405 e. The lowest BCUT2D eigenvalue weighted by atomic mass is 10.1. The number of carbonyl (C=O) groups excluding carboxylic acids is 2. The SMILES string of the molecule is CC(C)(C)OC(N)=O.COC(C)c1ccc2c(c1)NC(=O)CCS2. The molecule has 24 heavy (non-hydrogen) atoms. The number of anilines is 1. The molecule has 7 heteroatoms. The summed E-state index contributed by atoms with van der Waals surface area (Å²) < 4.78 is 9.84. The van der Waals surface area contributed by atoms with E-state index in [1.54, 1.807) is 39.6 Å². The number of nitrogens with two attached hydrogens (primary N) is 1. The molecule has 1 aliphatic heterocycles. The van der Waals surface area contributed by atoms with Crippen LogP contribution in [0.3, 0.4) is 0 Å². The molecule has 0 aliphatic carbocycles. The number of fused-ring (bicyclic) bond motifs is 1. The molecule has 0 saturated heterocycles. The molecule has 1 aliphatic rings. The topological polar surface area (TPSA) is 90.7 Å². The van der Waals surface area contributed by atoms with Gasteiger partial charge in [-0.05, 0) is 45.4 Å². The Bertz CT molecular complexity index is 584. The third kappa shape index (κ3) is 7.23. The van der Waals surface area contributed by atoms with Crippen LogP contribution in [0.2, 0.25) is 0 Å². The largest absolute Gasteiger partial charge is 0.444 e. The lowest BCUT2D eigenvalue weighted by Crippen LogP contribution is -2.27. The monoisotopic (exact) mass is 354 g/mol. The van der Waals surface area contributed by atoms with Crippen LogP contribution in [0.1, 0.15) is 45.8 Å². The Kier molecular flexibility index (Phi) is 7.57. The molecule has 0 fully saturated rings. The van der Waals surface area contributed by atoms with Crippen LogP contribution in [0.15, 0.2) is 23.1 Å². The van der Waals surface area contributed by atoms with E-state index in [4.69, 9.17) is 10.5 Å². The second-order valence-corrected chi connectivity index (χ2v) is 7.45. The van der Waals surface area contributed by atoms with Crippen LogP contribution in [0.5, 0.6) is 0 Å². The molecule has 1 atom stereocenters. The molecule has 6 nitrogen and oxygen atoms in total. The zero-order valence-corrected chi connectivity index (χ0v) is 15.7. The summed E-state index contributed by atoms with van der Waals surface area (Å²) in [6.45, 7) is 7.28. The molecule has 1 unspecified atom stereocenters. The second kappa shape index (κ2) is 8.94. The van der Waals surface area contributed by atoms with Gasteiger partial charge in [-0.3, -0.25) is 4.79 Å². The van der Waals surface area contributed by atoms with E-state index in [1.165, 1.54) is 0 Å². The first-order chi connectivity index (χ1) is 11.1. The summed E-state index contributed by atoms with van der Waals surface area (Å²) in [6, 6.07) is 6.10. The number of ether oxygens (including phenoxy) is 2. The van der Waals surface area contributed by atoms with Gasteiger partial charge in [-0.25, -0.2) is 4.79 Å². The van der Waals surface area contributed by atoms with Gasteiger partial charge < -0.3 is 20.5 Å². The van der Waals surface area contributed by atoms with Crippen molar-refractivity contribution < 1.29 is 19.1 Å². The number of nitrogens with one attached hydrogen (secondary N) is 1. The van der Waals surface area contributed by atoms with E-state index in [2.05, 4.69) is 22.2 Å². The van der Waals surface area contributed by atoms with Gasteiger partial charge in [0.15, 0.2) is 0 Å². The molecule has 3 N–H and O–H groups in total. The average molecular weight is 354 g/mol. The van der Waals surface area contributed by atoms with Gasteiger partial charge in [0.2, 0.25) is 5.91 Å². The first-order valence-corrected chi connectivity index (χ1v) is 8.69. The standard InChI is InChI=1S/C12H15NO2S.C5H11NO2/c1-8(15-2)9-3-4-11-10(7-9)13-12(14)5-6-16-11;1-5(2,3)8-4(6)7/h3-4,7-8H,5-6H2,1-2H3,(H,13,14);1-3H3,(H2,6,7). The molecule has 0 bridgehead atoms. The Morgan fingerprint density at radius 3 is 2.54 bits per heavy atom. The summed E-state index contributed by atoms with van der Waals surface area (Å²) in [5, 5.41) is 2.93. The third-order valence-corrected chi connectivity index (χ3v) is 4.17. The maximum atomic E-state index is 11.4. The third-order valence-electron chi connectivity index (χ3n) is 3.09. The van der Waals surface area contributed by atoms with Crippen molar-refractivity contribution in [3.05, 3.63) is 23.8 Å². The zero-order valence-electron chi connectivity index (χ0n) is 14.8. The normalized spacial score (nSPS) is 15.1. The van der Waals surface area contributed by atoms with Crippen molar-refractivity contribution in [1.82, 2.24) is 0 Å². The number of hydrogen-bond donors (Lipinski definition) is 2. The Labute approximate surface area is 147 Å². The fourth-order valence-corrected chi connectivity index (χ4v) is 2.87. The lowest BCUT2D eigenvalue weighted by Gasteiger charge is -2.16. The smallest absolute Gasteiger partial charge is 0.405 e. The highest BCUT2D eigenvalue weighted by molar-refractivity contribution is 7.99. The van der Waals surface area contributed by atoms with Gasteiger partial charge in [-0.1, -0.05) is 6.07 Å². The minimum atomic E-state index is -0.725. The predicted octanol–water partition coefficient (Wildman–Crippen LogP) is 3.71. The van der Waals surface area contributed by atoms with E-state index in [1.807, 2.05) is 13.0 Å². The minimum Gasteiger partial charge on any atom is -0.444 e. The number of carbonyl (C=O) groups is 2. The van der Waals surface area contributed by atoms with E-state index in [-0.39, 0.29) is 12.0 Å². The highest BCUT2D eigenvalue weighted by Crippen LogP contribution is 2.33. The van der Waals surface area contributed by atoms with Crippen molar-refractivity contribution in [2.45, 2.75) is 50.7 Å². The van der Waals surface area contributed by atoms with E-state index >= 15 is 0 Å². The summed E-state index contributed by atoms with van der Waals surface area (Å²) >= 11 is 1.72. The Morgan fingerprint density at radius 1 is 1.38 bits per heavy atom. The Morgan fingerprint density at radius 2 is 2.04 bits per heavy atom. The maximum absolute atomic E-state index is 11.4. The Balaban J connectivity index is 0.000000307. The van der Waals surface area contributed by atoms with Crippen LogP contribution >= 0.6 is 11.8 Å². The van der Waals surface area contributed by atoms with Crippen LogP contribution in [-0.4, -0.2) is 30.5 Å². The van der Waals surface area contributed by atoms with Gasteiger partial charge in [-0.2, -0.15) is 0 Å². The molecule has 1 aromatic carbocycles. The van der Waals surface area contributed by atoms with Gasteiger partial charge in [0, 0.05) is 24.2 Å². The number of hydrogen-bond acceptors (Lipinski definition) is 5. The molecule has 134 valence electrons. The van der Waals surface area contributed by atoms with Crippen molar-refractivity contribution in [3.63, 3.8) is 0 Å². The second-order valence-electron chi connectivity index (χ2n) is 6.31. The number of amides is 2. The average Bonchev–Trinajstić information content (AvgIpc) is 2.64. The van der Waals surface area contributed by atoms with Gasteiger partial charge in [0.05, 0.1) is 11.8 Å². The Hall–Kier alpha value is -1.73. The van der Waals surface area contributed by atoms with Gasteiger partial charge in [0.25, 0.3) is 0 Å². The quantitative estimate of drug-likeness (QED) is 0.845. The molecule has 0 spiro atoms. The number of benzene rings is 1. The molecule has 0 aromatic heterocycles. The summed E-state index contributed by atoms with van der Waals surface area (Å²) in [7, 11) is 1.68. The summed E-state index contributed by atoms with van der Waals surface area (Å²) in [5.41, 5.74) is 6.26. The van der Waals surface area contributed by atoms with E-state index in [0.717, 1.165) is 21.9 Å². The molecule has 0 saturated carbocycles. The molecule has 2 amide bonds. The summed E-state index contributed by atoms with van der Waals surface area (Å²) in [6.07, 6.45) is -0.0953. The molecular weight excluding hydrogens is 328 g/mol. The summed E-state index contributed by atoms with van der Waals surface area (Å²) in [4.78, 5) is 22.6. The van der Waals surface area contributed by atoms with Crippen molar-refractivity contribution in [2.24, 2.45) is 5.73 Å². The predicted molar refractivity (Wildman–Crippen MR) is 96.3 cm³/mol. The van der Waals surface area contributed by atoms with E-state index in [9.17, 15) is 9.59 Å². The highest BCUT2D eigenvalue weighted by atomic mass is 32.2. The minimum absolute atomic E-state index is 0.0513. The van der Waals surface area contributed by atoms with Crippen molar-refractivity contribution >= 4 is 29.4 Å². The van der Waals surface area contributed by atoms with Crippen LogP contribution in [0.4, 0.5) is 10.5 Å². The van der Waals surface area contributed by atoms with Gasteiger partial charge >= 0.3 is 6.09 Å².